The number of methoxy groups -OCH3 is 1. The number of carbonyl (C=O) groups excluding carboxylic acids is 1. The van der Waals surface area contributed by atoms with Gasteiger partial charge in [0.05, 0.1) is 19.8 Å². The summed E-state index contributed by atoms with van der Waals surface area (Å²) in [6.07, 6.45) is 7.58. The van der Waals surface area contributed by atoms with Gasteiger partial charge >= 0.3 is 6.09 Å². The first-order valence-electron chi connectivity index (χ1n) is 9.71. The van der Waals surface area contributed by atoms with Crippen molar-refractivity contribution in [2.24, 2.45) is 4.99 Å². The minimum Gasteiger partial charge on any atom is -0.453 e. The summed E-state index contributed by atoms with van der Waals surface area (Å²) in [5, 5.41) is 9.19. The maximum absolute atomic E-state index is 11.2. The average molecular weight is 377 g/mol. The average Bonchev–Trinajstić information content (AvgIpc) is 2.97. The fourth-order valence-corrected chi connectivity index (χ4v) is 3.08. The molecule has 27 heavy (non-hydrogen) atoms. The van der Waals surface area contributed by atoms with E-state index in [1.54, 1.807) is 7.05 Å². The van der Waals surface area contributed by atoms with E-state index in [4.69, 9.17) is 4.74 Å². The van der Waals surface area contributed by atoms with Gasteiger partial charge in [0, 0.05) is 25.8 Å². The second kappa shape index (κ2) is 12.2. The molecule has 3 N–H and O–H groups in total. The predicted octanol–water partition coefficient (Wildman–Crippen LogP) is 3.27. The Labute approximate surface area is 161 Å². The van der Waals surface area contributed by atoms with E-state index in [9.17, 15) is 4.79 Å². The van der Waals surface area contributed by atoms with Gasteiger partial charge in [0.1, 0.15) is 0 Å². The topological polar surface area (TPSA) is 84.0 Å². The number of guanidine groups is 1. The zero-order valence-electron chi connectivity index (χ0n) is 16.4. The number of nitrogens with one attached hydrogen (secondary N) is 3. The highest BCUT2D eigenvalue weighted by Gasteiger charge is 2.12. The number of aliphatic imine (C=N–C) groups is 1. The van der Waals surface area contributed by atoms with E-state index in [2.05, 4.69) is 25.7 Å². The first-order chi connectivity index (χ1) is 13.2. The van der Waals surface area contributed by atoms with Crippen molar-refractivity contribution in [2.45, 2.75) is 51.2 Å². The van der Waals surface area contributed by atoms with Crippen LogP contribution in [0.2, 0.25) is 0 Å². The third-order valence-corrected chi connectivity index (χ3v) is 4.62. The lowest BCUT2D eigenvalue weighted by Gasteiger charge is -2.17. The minimum atomic E-state index is -0.475. The van der Waals surface area contributed by atoms with Crippen LogP contribution in [0.25, 0.3) is 0 Å². The Kier molecular flexibility index (Phi) is 9.48. The highest BCUT2D eigenvalue weighted by Crippen LogP contribution is 2.19. The minimum absolute atomic E-state index is 0.418. The molecule has 1 aliphatic rings. The SMILES string of the molecule is CN=C(NCCOC1CCCCCC1)NCc1ccc(NC(=O)OC)cc1. The number of rotatable bonds is 7. The second-order valence-corrected chi connectivity index (χ2v) is 6.65. The Morgan fingerprint density at radius 3 is 2.44 bits per heavy atom. The van der Waals surface area contributed by atoms with Crippen LogP contribution in [0.1, 0.15) is 44.1 Å². The molecular formula is C20H32N4O3. The van der Waals surface area contributed by atoms with Gasteiger partial charge in [0.25, 0.3) is 0 Å². The fraction of sp³-hybridized carbons (Fsp3) is 0.600. The van der Waals surface area contributed by atoms with Crippen molar-refractivity contribution in [3.8, 4) is 0 Å². The van der Waals surface area contributed by atoms with Crippen molar-refractivity contribution < 1.29 is 14.3 Å². The molecule has 0 bridgehead atoms. The van der Waals surface area contributed by atoms with Crippen LogP contribution >= 0.6 is 0 Å². The van der Waals surface area contributed by atoms with E-state index >= 15 is 0 Å². The number of carbonyl (C=O) groups is 1. The quantitative estimate of drug-likeness (QED) is 0.294. The number of hydrogen-bond donors (Lipinski definition) is 3. The van der Waals surface area contributed by atoms with Gasteiger partial charge in [-0.3, -0.25) is 10.3 Å². The third kappa shape index (κ3) is 8.30. The highest BCUT2D eigenvalue weighted by molar-refractivity contribution is 5.84. The molecule has 1 aliphatic carbocycles. The van der Waals surface area contributed by atoms with Crippen molar-refractivity contribution in [2.75, 3.05) is 32.6 Å². The van der Waals surface area contributed by atoms with Crippen LogP contribution in [-0.4, -0.2) is 45.5 Å². The van der Waals surface area contributed by atoms with Crippen LogP contribution in [0.4, 0.5) is 10.5 Å². The van der Waals surface area contributed by atoms with E-state index in [1.165, 1.54) is 45.6 Å². The van der Waals surface area contributed by atoms with E-state index in [1.807, 2.05) is 24.3 Å². The van der Waals surface area contributed by atoms with Crippen LogP contribution in [0.5, 0.6) is 0 Å². The molecule has 0 saturated heterocycles. The summed E-state index contributed by atoms with van der Waals surface area (Å²) in [5.74, 6) is 0.747. The third-order valence-electron chi connectivity index (χ3n) is 4.62. The maximum Gasteiger partial charge on any atom is 0.411 e. The van der Waals surface area contributed by atoms with Crippen LogP contribution in [0, 0.1) is 0 Å². The van der Waals surface area contributed by atoms with Gasteiger partial charge in [-0.15, -0.1) is 0 Å². The molecule has 7 nitrogen and oxygen atoms in total. The summed E-state index contributed by atoms with van der Waals surface area (Å²) >= 11 is 0. The molecule has 1 aromatic carbocycles. The van der Waals surface area contributed by atoms with Crippen molar-refractivity contribution in [1.29, 1.82) is 0 Å². The van der Waals surface area contributed by atoms with Gasteiger partial charge in [0.15, 0.2) is 5.96 Å². The molecule has 0 spiro atoms. The lowest BCUT2D eigenvalue weighted by Crippen LogP contribution is -2.38. The molecule has 0 unspecified atom stereocenters. The summed E-state index contributed by atoms with van der Waals surface area (Å²) < 4.78 is 10.6. The number of anilines is 1. The number of nitrogens with zero attached hydrogens (tertiary/aromatic N) is 1. The Balaban J connectivity index is 1.65. The number of hydrogen-bond acceptors (Lipinski definition) is 4. The number of benzene rings is 1. The predicted molar refractivity (Wildman–Crippen MR) is 108 cm³/mol. The zero-order chi connectivity index (χ0) is 19.3. The molecule has 1 aromatic rings. The van der Waals surface area contributed by atoms with E-state index in [-0.39, 0.29) is 0 Å². The van der Waals surface area contributed by atoms with E-state index < -0.39 is 6.09 Å². The first-order valence-corrected chi connectivity index (χ1v) is 9.71. The number of ether oxygens (including phenoxy) is 2. The Morgan fingerprint density at radius 2 is 1.81 bits per heavy atom. The van der Waals surface area contributed by atoms with E-state index in [0.29, 0.717) is 24.9 Å². The molecule has 1 saturated carbocycles. The molecule has 1 amide bonds. The zero-order valence-corrected chi connectivity index (χ0v) is 16.4. The van der Waals surface area contributed by atoms with Gasteiger partial charge in [0.2, 0.25) is 0 Å². The molecule has 0 atom stereocenters. The maximum atomic E-state index is 11.2. The molecule has 0 aromatic heterocycles. The standard InChI is InChI=1S/C20H32N4O3/c1-21-19(22-13-14-27-18-7-5-3-4-6-8-18)23-15-16-9-11-17(12-10-16)24-20(25)26-2/h9-12,18H,3-8,13-15H2,1-2H3,(H,24,25)(H2,21,22,23). The molecule has 150 valence electrons. The van der Waals surface area contributed by atoms with Gasteiger partial charge in [-0.05, 0) is 30.5 Å². The van der Waals surface area contributed by atoms with Crippen molar-refractivity contribution in [1.82, 2.24) is 10.6 Å². The Bertz CT molecular complexity index is 581. The van der Waals surface area contributed by atoms with Crippen molar-refractivity contribution in [3.05, 3.63) is 29.8 Å². The van der Waals surface area contributed by atoms with Gasteiger partial charge in [-0.2, -0.15) is 0 Å². The van der Waals surface area contributed by atoms with Gasteiger partial charge < -0.3 is 20.1 Å². The largest absolute Gasteiger partial charge is 0.453 e. The lowest BCUT2D eigenvalue weighted by molar-refractivity contribution is 0.0468. The number of amides is 1. The van der Waals surface area contributed by atoms with Crippen LogP contribution < -0.4 is 16.0 Å². The second-order valence-electron chi connectivity index (χ2n) is 6.65. The van der Waals surface area contributed by atoms with Gasteiger partial charge in [-0.1, -0.05) is 37.8 Å². The molecule has 7 heteroatoms. The molecule has 0 radical (unpaired) electrons. The summed E-state index contributed by atoms with van der Waals surface area (Å²) in [7, 11) is 3.10. The molecule has 0 heterocycles. The summed E-state index contributed by atoms with van der Waals surface area (Å²) in [6.45, 7) is 2.07. The lowest BCUT2D eigenvalue weighted by atomic mass is 10.1. The fourth-order valence-electron chi connectivity index (χ4n) is 3.08. The van der Waals surface area contributed by atoms with Crippen molar-refractivity contribution >= 4 is 17.7 Å². The van der Waals surface area contributed by atoms with Crippen molar-refractivity contribution in [3.63, 3.8) is 0 Å². The Morgan fingerprint density at radius 1 is 1.11 bits per heavy atom. The monoisotopic (exact) mass is 376 g/mol. The summed E-state index contributed by atoms with van der Waals surface area (Å²) in [4.78, 5) is 15.4. The summed E-state index contributed by atoms with van der Waals surface area (Å²) in [5.41, 5.74) is 1.78. The van der Waals surface area contributed by atoms with Crippen LogP contribution in [0.3, 0.4) is 0 Å². The normalized spacial score (nSPS) is 15.7. The van der Waals surface area contributed by atoms with Crippen LogP contribution in [0.15, 0.2) is 29.3 Å². The first kappa shape index (κ1) is 21.0. The molecule has 0 aliphatic heterocycles. The van der Waals surface area contributed by atoms with Crippen LogP contribution in [-0.2, 0) is 16.0 Å². The molecular weight excluding hydrogens is 344 g/mol. The summed E-state index contributed by atoms with van der Waals surface area (Å²) in [6, 6.07) is 7.57. The highest BCUT2D eigenvalue weighted by atomic mass is 16.5. The Hall–Kier alpha value is -2.28. The van der Waals surface area contributed by atoms with E-state index in [0.717, 1.165) is 18.1 Å². The smallest absolute Gasteiger partial charge is 0.411 e. The van der Waals surface area contributed by atoms with Gasteiger partial charge in [-0.25, -0.2) is 4.79 Å². The molecule has 1 fully saturated rings. The molecule has 2 rings (SSSR count).